The third kappa shape index (κ3) is 4.27. The van der Waals surface area contributed by atoms with Crippen molar-refractivity contribution in [2.75, 3.05) is 0 Å². The molecule has 0 spiro atoms. The van der Waals surface area contributed by atoms with Gasteiger partial charge in [0.15, 0.2) is 17.4 Å². The molecule has 1 aliphatic heterocycles. The highest BCUT2D eigenvalue weighted by Crippen LogP contribution is 2.46. The van der Waals surface area contributed by atoms with E-state index in [0.717, 1.165) is 5.92 Å². The van der Waals surface area contributed by atoms with Crippen LogP contribution in [0.1, 0.15) is 26.2 Å². The van der Waals surface area contributed by atoms with E-state index >= 15 is 0 Å². The maximum atomic E-state index is 6.65. The van der Waals surface area contributed by atoms with Crippen LogP contribution >= 0.6 is 0 Å². The van der Waals surface area contributed by atoms with Crippen LogP contribution in [0.3, 0.4) is 0 Å². The lowest BCUT2D eigenvalue weighted by atomic mass is 9.87. The van der Waals surface area contributed by atoms with Crippen LogP contribution in [0.5, 0.6) is 0 Å². The number of rotatable bonds is 6. The van der Waals surface area contributed by atoms with Crippen LogP contribution in [0.15, 0.2) is 0 Å². The summed E-state index contributed by atoms with van der Waals surface area (Å²) in [5.74, 6) is 0.793. The van der Waals surface area contributed by atoms with E-state index in [4.69, 9.17) is 13.0 Å². The molecule has 4 atom stereocenters. The molecule has 2 aliphatic rings. The Hall–Kier alpha value is 0.531. The zero-order valence-electron chi connectivity index (χ0n) is 14.2. The van der Waals surface area contributed by atoms with E-state index in [1.165, 1.54) is 19.3 Å². The maximum Gasteiger partial charge on any atom is 0.310 e. The van der Waals surface area contributed by atoms with E-state index in [0.29, 0.717) is 17.7 Å². The van der Waals surface area contributed by atoms with Crippen LogP contribution in [-0.2, 0) is 13.0 Å². The summed E-state index contributed by atoms with van der Waals surface area (Å²) in [7, 11) is -4.66. The summed E-state index contributed by atoms with van der Waals surface area (Å²) in [5, 5.41) is 0. The fourth-order valence-electron chi connectivity index (χ4n) is 3.77. The summed E-state index contributed by atoms with van der Waals surface area (Å²) in [6, 6.07) is 0. The van der Waals surface area contributed by atoms with Gasteiger partial charge < -0.3 is 13.0 Å². The second kappa shape index (κ2) is 5.97. The van der Waals surface area contributed by atoms with Gasteiger partial charge in [0.25, 0.3) is 0 Å². The highest BCUT2D eigenvalue weighted by atomic mass is 28.5. The summed E-state index contributed by atoms with van der Waals surface area (Å²) >= 11 is 0. The summed E-state index contributed by atoms with van der Waals surface area (Å²) in [4.78, 5) is 0. The van der Waals surface area contributed by atoms with E-state index in [1.54, 1.807) is 0 Å². The average molecular weight is 333 g/mol. The molecule has 2 fully saturated rings. The van der Waals surface area contributed by atoms with Crippen molar-refractivity contribution in [1.29, 1.82) is 0 Å². The highest BCUT2D eigenvalue weighted by Gasteiger charge is 2.49. The number of epoxide rings is 1. The van der Waals surface area contributed by atoms with Crippen LogP contribution in [0.2, 0.25) is 44.8 Å². The maximum absolute atomic E-state index is 6.65. The van der Waals surface area contributed by atoms with Gasteiger partial charge >= 0.3 is 8.56 Å². The van der Waals surface area contributed by atoms with Gasteiger partial charge in [0.2, 0.25) is 0 Å². The third-order valence-electron chi connectivity index (χ3n) is 4.88. The fraction of sp³-hybridized carbons (Fsp3) is 1.00. The second-order valence-electron chi connectivity index (χ2n) is 7.85. The van der Waals surface area contributed by atoms with E-state index < -0.39 is 25.9 Å². The van der Waals surface area contributed by atoms with E-state index in [-0.39, 0.29) is 0 Å². The molecule has 1 saturated carbocycles. The Morgan fingerprint density at radius 2 is 1.75 bits per heavy atom. The van der Waals surface area contributed by atoms with Gasteiger partial charge in [-0.25, -0.2) is 0 Å². The number of hydrogen-bond donors (Lipinski definition) is 0. The van der Waals surface area contributed by atoms with Gasteiger partial charge in [-0.05, 0) is 70.0 Å². The number of hydrogen-bond acceptors (Lipinski definition) is 3. The Bertz CT molecular complexity index is 347. The van der Waals surface area contributed by atoms with Gasteiger partial charge in [-0.1, -0.05) is 6.92 Å². The van der Waals surface area contributed by atoms with Crippen molar-refractivity contribution in [2.45, 2.75) is 83.2 Å². The lowest BCUT2D eigenvalue weighted by molar-refractivity contribution is 0.331. The first-order valence-corrected chi connectivity index (χ1v) is 16.7. The molecule has 1 saturated heterocycles. The minimum atomic E-state index is -1.94. The Labute approximate surface area is 128 Å². The van der Waals surface area contributed by atoms with Crippen LogP contribution in [0, 0.1) is 5.92 Å². The first-order chi connectivity index (χ1) is 9.11. The molecule has 1 aliphatic carbocycles. The van der Waals surface area contributed by atoms with Crippen molar-refractivity contribution in [3.05, 3.63) is 0 Å². The molecule has 0 radical (unpaired) electrons. The van der Waals surface area contributed by atoms with Gasteiger partial charge in [-0.2, -0.15) is 0 Å². The fourth-order valence-corrected chi connectivity index (χ4v) is 16.2. The van der Waals surface area contributed by atoms with Crippen molar-refractivity contribution in [3.63, 3.8) is 0 Å². The molecule has 0 amide bonds. The minimum absolute atomic E-state index is 0.575. The van der Waals surface area contributed by atoms with Gasteiger partial charge in [-0.3, -0.25) is 0 Å². The van der Waals surface area contributed by atoms with Gasteiger partial charge in [0, 0.05) is 0 Å². The molecule has 3 nitrogen and oxygen atoms in total. The SMILES string of the molecule is CC(C1CCC2OC2C1)[Si](C)(C)O[Si](C)(C)O[SiH](C)C. The summed E-state index contributed by atoms with van der Waals surface area (Å²) in [6.45, 7) is 16.1. The van der Waals surface area contributed by atoms with Gasteiger partial charge in [0.05, 0.1) is 12.2 Å². The predicted octanol–water partition coefficient (Wildman–Crippen LogP) is 3.87. The largest absolute Gasteiger partial charge is 0.440 e. The second-order valence-corrected chi connectivity index (χ2v) is 18.6. The summed E-state index contributed by atoms with van der Waals surface area (Å²) in [5.41, 5.74) is 0.692. The van der Waals surface area contributed by atoms with E-state index in [2.05, 4.69) is 46.2 Å². The molecular formula is C14H32O3Si3. The lowest BCUT2D eigenvalue weighted by Gasteiger charge is -2.41. The molecule has 0 bridgehead atoms. The minimum Gasteiger partial charge on any atom is -0.440 e. The van der Waals surface area contributed by atoms with Crippen molar-refractivity contribution >= 4 is 25.9 Å². The summed E-state index contributed by atoms with van der Waals surface area (Å²) in [6.07, 6.45) is 5.02. The first kappa shape index (κ1) is 16.9. The van der Waals surface area contributed by atoms with E-state index in [1.807, 2.05) is 0 Å². The Morgan fingerprint density at radius 1 is 1.10 bits per heavy atom. The molecule has 4 unspecified atom stereocenters. The molecule has 6 heteroatoms. The van der Waals surface area contributed by atoms with Crippen molar-refractivity contribution < 1.29 is 13.0 Å². The molecule has 1 heterocycles. The molecule has 0 aromatic heterocycles. The topological polar surface area (TPSA) is 31.0 Å². The monoisotopic (exact) mass is 332 g/mol. The molecule has 0 aromatic carbocycles. The zero-order chi connectivity index (χ0) is 15.1. The first-order valence-electron chi connectivity index (χ1n) is 8.14. The van der Waals surface area contributed by atoms with Gasteiger partial charge in [-0.15, -0.1) is 0 Å². The van der Waals surface area contributed by atoms with Gasteiger partial charge in [0.1, 0.15) is 0 Å². The molecular weight excluding hydrogens is 300 g/mol. The average Bonchev–Trinajstić information content (AvgIpc) is 3.01. The molecule has 0 N–H and O–H groups in total. The number of fused-ring (bicyclic) bond motifs is 1. The predicted molar refractivity (Wildman–Crippen MR) is 91.4 cm³/mol. The standard InChI is InChI=1S/C14H32O3Si3/c1-11(12-8-9-13-14(10-12)15-13)19(4,5)17-20(6,7)16-18(2)3/h11-14,18H,8-10H2,1-7H3. The quantitative estimate of drug-likeness (QED) is 0.546. The van der Waals surface area contributed by atoms with Crippen molar-refractivity contribution in [2.24, 2.45) is 5.92 Å². The summed E-state index contributed by atoms with van der Waals surface area (Å²) < 4.78 is 18.5. The Kier molecular flexibility index (Phi) is 5.04. The normalized spacial score (nSPS) is 32.1. The van der Waals surface area contributed by atoms with E-state index in [9.17, 15) is 0 Å². The smallest absolute Gasteiger partial charge is 0.310 e. The lowest BCUT2D eigenvalue weighted by Crippen LogP contribution is -2.51. The molecule has 0 aromatic rings. The molecule has 118 valence electrons. The van der Waals surface area contributed by atoms with Crippen LogP contribution in [-0.4, -0.2) is 38.1 Å². The third-order valence-corrected chi connectivity index (χ3v) is 15.8. The zero-order valence-corrected chi connectivity index (χ0v) is 17.4. The van der Waals surface area contributed by atoms with Crippen molar-refractivity contribution in [3.8, 4) is 0 Å². The van der Waals surface area contributed by atoms with Crippen LogP contribution in [0.25, 0.3) is 0 Å². The molecule has 20 heavy (non-hydrogen) atoms. The Morgan fingerprint density at radius 3 is 2.30 bits per heavy atom. The molecule has 2 rings (SSSR count). The van der Waals surface area contributed by atoms with Crippen LogP contribution < -0.4 is 0 Å². The Balaban J connectivity index is 1.93. The van der Waals surface area contributed by atoms with Crippen LogP contribution in [0.4, 0.5) is 0 Å². The highest BCUT2D eigenvalue weighted by molar-refractivity contribution is 6.85. The van der Waals surface area contributed by atoms with Crippen molar-refractivity contribution in [1.82, 2.24) is 0 Å². The number of ether oxygens (including phenoxy) is 1.